The molecule has 0 aliphatic carbocycles. The molecule has 1 aromatic heterocycles. The number of piperazine rings is 1. The summed E-state index contributed by atoms with van der Waals surface area (Å²) < 4.78 is 2.17. The van der Waals surface area contributed by atoms with Crippen molar-refractivity contribution in [1.82, 2.24) is 19.4 Å². The van der Waals surface area contributed by atoms with Crippen molar-refractivity contribution in [3.05, 3.63) is 65.5 Å². The van der Waals surface area contributed by atoms with Gasteiger partial charge in [-0.1, -0.05) is 42.5 Å². The average Bonchev–Trinajstić information content (AvgIpc) is 3.01. The lowest BCUT2D eigenvalue weighted by atomic mass is 10.1. The molecule has 5 heteroatoms. The van der Waals surface area contributed by atoms with Crippen LogP contribution < -0.4 is 0 Å². The number of nitrogens with zero attached hydrogens (tertiary/aromatic N) is 4. The third-order valence-electron chi connectivity index (χ3n) is 5.69. The molecule has 1 aliphatic heterocycles. The summed E-state index contributed by atoms with van der Waals surface area (Å²) in [6.45, 7) is 5.86. The van der Waals surface area contributed by atoms with Crippen LogP contribution in [0, 0.1) is 6.92 Å². The highest BCUT2D eigenvalue weighted by Gasteiger charge is 2.24. The summed E-state index contributed by atoms with van der Waals surface area (Å²) in [6.07, 6.45) is 2.04. The summed E-state index contributed by atoms with van der Waals surface area (Å²) >= 11 is 0. The number of aryl methyl sites for hydroxylation is 3. The molecular weight excluding hydrogens is 348 g/mol. The summed E-state index contributed by atoms with van der Waals surface area (Å²) in [7, 11) is 2.07. The number of amides is 1. The molecule has 0 radical (unpaired) electrons. The fraction of sp³-hybridized carbons (Fsp3) is 0.391. The van der Waals surface area contributed by atoms with Crippen molar-refractivity contribution in [3.63, 3.8) is 0 Å². The van der Waals surface area contributed by atoms with Gasteiger partial charge in [0.1, 0.15) is 5.82 Å². The highest BCUT2D eigenvalue weighted by atomic mass is 16.2. The zero-order chi connectivity index (χ0) is 19.5. The molecule has 2 aromatic carbocycles. The first-order valence-corrected chi connectivity index (χ1v) is 10.1. The zero-order valence-electron chi connectivity index (χ0n) is 16.8. The number of carbonyl (C=O) groups excluding carboxylic acids is 1. The first-order valence-electron chi connectivity index (χ1n) is 10.1. The number of hydrogen-bond donors (Lipinski definition) is 0. The van der Waals surface area contributed by atoms with E-state index < -0.39 is 0 Å². The second-order valence-electron chi connectivity index (χ2n) is 7.71. The van der Waals surface area contributed by atoms with Gasteiger partial charge >= 0.3 is 0 Å². The SMILES string of the molecule is Cc1cccc2nc(CN3CCN(CCCc4ccccc4)C(=O)C3)n(C)c12. The zero-order valence-corrected chi connectivity index (χ0v) is 16.8. The molecule has 0 saturated carbocycles. The van der Waals surface area contributed by atoms with Crippen molar-refractivity contribution in [2.45, 2.75) is 26.3 Å². The lowest BCUT2D eigenvalue weighted by Gasteiger charge is -2.34. The topological polar surface area (TPSA) is 41.4 Å². The van der Waals surface area contributed by atoms with Gasteiger partial charge in [0.25, 0.3) is 0 Å². The van der Waals surface area contributed by atoms with E-state index in [4.69, 9.17) is 4.98 Å². The number of rotatable bonds is 6. The van der Waals surface area contributed by atoms with Gasteiger partial charge in [-0.2, -0.15) is 0 Å². The van der Waals surface area contributed by atoms with Crippen molar-refractivity contribution in [3.8, 4) is 0 Å². The van der Waals surface area contributed by atoms with Crippen LogP contribution >= 0.6 is 0 Å². The molecular formula is C23H28N4O. The molecule has 28 heavy (non-hydrogen) atoms. The maximum Gasteiger partial charge on any atom is 0.236 e. The highest BCUT2D eigenvalue weighted by molar-refractivity contribution is 5.80. The van der Waals surface area contributed by atoms with Crippen molar-refractivity contribution >= 4 is 16.9 Å². The van der Waals surface area contributed by atoms with Gasteiger partial charge in [-0.3, -0.25) is 9.69 Å². The van der Waals surface area contributed by atoms with Crippen molar-refractivity contribution in [2.24, 2.45) is 7.05 Å². The summed E-state index contributed by atoms with van der Waals surface area (Å²) in [5.41, 5.74) is 4.79. The van der Waals surface area contributed by atoms with E-state index in [0.717, 1.165) is 43.8 Å². The molecule has 1 saturated heterocycles. The third kappa shape index (κ3) is 3.94. The normalized spacial score (nSPS) is 15.5. The van der Waals surface area contributed by atoms with E-state index in [1.165, 1.54) is 16.6 Å². The number of fused-ring (bicyclic) bond motifs is 1. The summed E-state index contributed by atoms with van der Waals surface area (Å²) in [5.74, 6) is 1.25. The molecule has 0 spiro atoms. The molecule has 0 bridgehead atoms. The van der Waals surface area contributed by atoms with Gasteiger partial charge in [-0.05, 0) is 37.0 Å². The number of imidazole rings is 1. The Morgan fingerprint density at radius 3 is 2.61 bits per heavy atom. The summed E-state index contributed by atoms with van der Waals surface area (Å²) in [4.78, 5) is 21.6. The van der Waals surface area contributed by atoms with Crippen molar-refractivity contribution in [1.29, 1.82) is 0 Å². The maximum absolute atomic E-state index is 12.6. The molecule has 146 valence electrons. The molecule has 4 rings (SSSR count). The molecule has 1 amide bonds. The molecule has 2 heterocycles. The monoisotopic (exact) mass is 376 g/mol. The first-order chi connectivity index (χ1) is 13.6. The van der Waals surface area contributed by atoms with Gasteiger partial charge in [0, 0.05) is 26.7 Å². The molecule has 0 atom stereocenters. The Bertz CT molecular complexity index is 963. The lowest BCUT2D eigenvalue weighted by molar-refractivity contribution is -0.136. The first kappa shape index (κ1) is 18.7. The standard InChI is InChI=1S/C23H28N4O/c1-18-8-6-12-20-23(18)25(2)21(24-20)16-26-14-15-27(22(28)17-26)13-7-11-19-9-4-3-5-10-19/h3-6,8-10,12H,7,11,13-17H2,1-2H3. The fourth-order valence-corrected chi connectivity index (χ4v) is 4.10. The second kappa shape index (κ2) is 8.15. The van der Waals surface area contributed by atoms with Crippen LogP contribution in [-0.2, 0) is 24.8 Å². The summed E-state index contributed by atoms with van der Waals surface area (Å²) in [5, 5.41) is 0. The summed E-state index contributed by atoms with van der Waals surface area (Å²) in [6, 6.07) is 16.7. The predicted molar refractivity (Wildman–Crippen MR) is 112 cm³/mol. The van der Waals surface area contributed by atoms with Crippen LogP contribution in [0.15, 0.2) is 48.5 Å². The maximum atomic E-state index is 12.6. The Hall–Kier alpha value is -2.66. The van der Waals surface area contributed by atoms with Crippen molar-refractivity contribution in [2.75, 3.05) is 26.2 Å². The molecule has 0 N–H and O–H groups in total. The average molecular weight is 377 g/mol. The van der Waals surface area contributed by atoms with Gasteiger partial charge in [-0.25, -0.2) is 4.98 Å². The number of benzene rings is 2. The molecule has 1 fully saturated rings. The molecule has 0 unspecified atom stereocenters. The minimum absolute atomic E-state index is 0.231. The van der Waals surface area contributed by atoms with Gasteiger partial charge in [0.05, 0.1) is 24.1 Å². The third-order valence-corrected chi connectivity index (χ3v) is 5.69. The molecule has 3 aromatic rings. The number of carbonyl (C=O) groups is 1. The van der Waals surface area contributed by atoms with Crippen molar-refractivity contribution < 1.29 is 4.79 Å². The predicted octanol–water partition coefficient (Wildman–Crippen LogP) is 3.16. The van der Waals surface area contributed by atoms with Gasteiger partial charge < -0.3 is 9.47 Å². The highest BCUT2D eigenvalue weighted by Crippen LogP contribution is 2.20. The fourth-order valence-electron chi connectivity index (χ4n) is 4.10. The van der Waals surface area contributed by atoms with Gasteiger partial charge in [-0.15, -0.1) is 0 Å². The number of hydrogen-bond acceptors (Lipinski definition) is 3. The van der Waals surface area contributed by atoms with E-state index in [2.05, 4.69) is 59.8 Å². The van der Waals surface area contributed by atoms with Crippen LogP contribution in [0.25, 0.3) is 11.0 Å². The second-order valence-corrected chi connectivity index (χ2v) is 7.71. The minimum atomic E-state index is 0.231. The smallest absolute Gasteiger partial charge is 0.236 e. The Morgan fingerprint density at radius 1 is 1.04 bits per heavy atom. The van der Waals surface area contributed by atoms with Crippen LogP contribution in [0.4, 0.5) is 0 Å². The Morgan fingerprint density at radius 2 is 1.86 bits per heavy atom. The molecule has 1 aliphatic rings. The Balaban J connectivity index is 1.32. The Labute approximate surface area is 166 Å². The van der Waals surface area contributed by atoms with Crippen LogP contribution in [0.3, 0.4) is 0 Å². The van der Waals surface area contributed by atoms with Crippen LogP contribution in [-0.4, -0.2) is 51.4 Å². The Kier molecular flexibility index (Phi) is 5.44. The van der Waals surface area contributed by atoms with E-state index in [1.54, 1.807) is 0 Å². The quantitative estimate of drug-likeness (QED) is 0.664. The van der Waals surface area contributed by atoms with E-state index in [1.807, 2.05) is 17.0 Å². The van der Waals surface area contributed by atoms with E-state index in [0.29, 0.717) is 13.1 Å². The minimum Gasteiger partial charge on any atom is -0.340 e. The van der Waals surface area contributed by atoms with E-state index in [9.17, 15) is 4.79 Å². The van der Waals surface area contributed by atoms with Gasteiger partial charge in [0.15, 0.2) is 0 Å². The van der Waals surface area contributed by atoms with Gasteiger partial charge in [0.2, 0.25) is 5.91 Å². The van der Waals surface area contributed by atoms with Crippen LogP contribution in [0.1, 0.15) is 23.4 Å². The molecule has 5 nitrogen and oxygen atoms in total. The largest absolute Gasteiger partial charge is 0.340 e. The van der Waals surface area contributed by atoms with E-state index >= 15 is 0 Å². The number of para-hydroxylation sites is 1. The van der Waals surface area contributed by atoms with Crippen LogP contribution in [0.2, 0.25) is 0 Å². The lowest BCUT2D eigenvalue weighted by Crippen LogP contribution is -2.50. The van der Waals surface area contributed by atoms with E-state index in [-0.39, 0.29) is 5.91 Å². The number of aromatic nitrogens is 2. The van der Waals surface area contributed by atoms with Crippen LogP contribution in [0.5, 0.6) is 0 Å².